The molecule has 28 heavy (non-hydrogen) atoms. The molecule has 0 fully saturated rings. The van der Waals surface area contributed by atoms with Gasteiger partial charge in [0.05, 0.1) is 13.2 Å². The van der Waals surface area contributed by atoms with Crippen LogP contribution in [0.25, 0.3) is 0 Å². The van der Waals surface area contributed by atoms with Crippen molar-refractivity contribution in [3.05, 3.63) is 45.8 Å². The van der Waals surface area contributed by atoms with Gasteiger partial charge in [-0.15, -0.1) is 35.3 Å². The molecule has 2 N–H and O–H groups in total. The number of methoxy groups -OCH3 is 1. The van der Waals surface area contributed by atoms with Gasteiger partial charge in [0.25, 0.3) is 0 Å². The van der Waals surface area contributed by atoms with E-state index >= 15 is 0 Å². The summed E-state index contributed by atoms with van der Waals surface area (Å²) in [6.45, 7) is 8.81. The monoisotopic (exact) mass is 518 g/mol. The third kappa shape index (κ3) is 9.20. The predicted molar refractivity (Wildman–Crippen MR) is 127 cm³/mol. The molecular weight excluding hydrogens is 487 g/mol. The van der Waals surface area contributed by atoms with Crippen LogP contribution in [0.4, 0.5) is 0 Å². The molecule has 2 aromatic rings. The van der Waals surface area contributed by atoms with Crippen LogP contribution in [0.5, 0.6) is 5.88 Å². The van der Waals surface area contributed by atoms with Gasteiger partial charge in [0, 0.05) is 48.1 Å². The number of guanidine groups is 1. The van der Waals surface area contributed by atoms with E-state index in [9.17, 15) is 0 Å². The van der Waals surface area contributed by atoms with Crippen molar-refractivity contribution in [2.24, 2.45) is 4.99 Å². The summed E-state index contributed by atoms with van der Waals surface area (Å²) in [4.78, 5) is 11.7. The molecule has 2 aromatic heterocycles. The normalized spacial score (nSPS) is 12.2. The van der Waals surface area contributed by atoms with Crippen LogP contribution >= 0.6 is 35.3 Å². The number of rotatable bonds is 10. The van der Waals surface area contributed by atoms with Crippen LogP contribution in [0.3, 0.4) is 0 Å². The van der Waals surface area contributed by atoms with E-state index in [1.54, 1.807) is 13.3 Å². The molecule has 0 spiro atoms. The number of aliphatic imine (C=N–C) groups is 1. The van der Waals surface area contributed by atoms with Gasteiger partial charge in [-0.05, 0) is 38.5 Å². The number of aryl methyl sites for hydroxylation is 1. The fraction of sp³-hybridized carbons (Fsp3) is 0.500. The second kappa shape index (κ2) is 13.7. The molecule has 1 unspecified atom stereocenters. The van der Waals surface area contributed by atoms with Crippen molar-refractivity contribution in [1.29, 1.82) is 0 Å². The highest BCUT2D eigenvalue weighted by atomic mass is 127. The molecule has 0 saturated carbocycles. The van der Waals surface area contributed by atoms with Gasteiger partial charge in [0.1, 0.15) is 6.61 Å². The topological polar surface area (TPSA) is 67.8 Å². The van der Waals surface area contributed by atoms with Gasteiger partial charge >= 0.3 is 0 Å². The quantitative estimate of drug-likeness (QED) is 0.217. The van der Waals surface area contributed by atoms with Crippen molar-refractivity contribution < 1.29 is 9.47 Å². The summed E-state index contributed by atoms with van der Waals surface area (Å²) in [7, 11) is 1.65. The second-order valence-corrected chi connectivity index (χ2v) is 7.68. The first-order valence-electron chi connectivity index (χ1n) is 9.27. The van der Waals surface area contributed by atoms with Gasteiger partial charge in [-0.3, -0.25) is 0 Å². The Balaban J connectivity index is 0.00000392. The molecule has 0 aliphatic carbocycles. The minimum Gasteiger partial charge on any atom is -0.475 e. The Morgan fingerprint density at radius 1 is 1.25 bits per heavy atom. The molecule has 8 heteroatoms. The van der Waals surface area contributed by atoms with Crippen LogP contribution in [0, 0.1) is 6.92 Å². The lowest BCUT2D eigenvalue weighted by Gasteiger charge is -2.17. The van der Waals surface area contributed by atoms with Gasteiger partial charge in [-0.2, -0.15) is 0 Å². The zero-order valence-electron chi connectivity index (χ0n) is 17.0. The van der Waals surface area contributed by atoms with Crippen LogP contribution in [-0.2, 0) is 17.7 Å². The van der Waals surface area contributed by atoms with E-state index < -0.39 is 0 Å². The zero-order valence-corrected chi connectivity index (χ0v) is 20.2. The summed E-state index contributed by atoms with van der Waals surface area (Å²) in [5.41, 5.74) is 1.04. The molecule has 156 valence electrons. The molecule has 0 radical (unpaired) electrons. The molecule has 0 aromatic carbocycles. The number of halogens is 1. The average Bonchev–Trinajstić information content (AvgIpc) is 3.06. The first-order chi connectivity index (χ1) is 13.1. The predicted octanol–water partition coefficient (Wildman–Crippen LogP) is 3.78. The molecule has 1 atom stereocenters. The number of hydrogen-bond donors (Lipinski definition) is 2. The lowest BCUT2D eigenvalue weighted by atomic mass is 10.2. The molecule has 0 aliphatic heterocycles. The smallest absolute Gasteiger partial charge is 0.213 e. The minimum atomic E-state index is 0. The Kier molecular flexibility index (Phi) is 12.1. The summed E-state index contributed by atoms with van der Waals surface area (Å²) in [6, 6.07) is 8.52. The maximum absolute atomic E-state index is 5.48. The van der Waals surface area contributed by atoms with Crippen molar-refractivity contribution in [1.82, 2.24) is 15.6 Å². The Bertz CT molecular complexity index is 706. The molecule has 2 heterocycles. The van der Waals surface area contributed by atoms with Crippen molar-refractivity contribution >= 4 is 41.3 Å². The van der Waals surface area contributed by atoms with Crippen LogP contribution in [0.2, 0.25) is 0 Å². The zero-order chi connectivity index (χ0) is 19.5. The molecule has 0 saturated heterocycles. The fourth-order valence-electron chi connectivity index (χ4n) is 2.49. The van der Waals surface area contributed by atoms with E-state index in [4.69, 9.17) is 9.47 Å². The Hall–Kier alpha value is -1.39. The van der Waals surface area contributed by atoms with Crippen LogP contribution < -0.4 is 15.4 Å². The molecule has 2 rings (SSSR count). The van der Waals surface area contributed by atoms with Crippen LogP contribution in [0.1, 0.15) is 29.2 Å². The van der Waals surface area contributed by atoms with Crippen LogP contribution in [-0.4, -0.2) is 43.9 Å². The summed E-state index contributed by atoms with van der Waals surface area (Å²) in [5, 5.41) is 6.78. The van der Waals surface area contributed by atoms with Gasteiger partial charge in [-0.1, -0.05) is 6.07 Å². The van der Waals surface area contributed by atoms with E-state index in [2.05, 4.69) is 53.5 Å². The van der Waals surface area contributed by atoms with Gasteiger partial charge < -0.3 is 20.1 Å². The molecule has 0 amide bonds. The molecule has 0 aliphatic rings. The number of nitrogens with one attached hydrogen (secondary N) is 2. The highest BCUT2D eigenvalue weighted by molar-refractivity contribution is 14.0. The number of ether oxygens (including phenoxy) is 2. The van der Waals surface area contributed by atoms with Gasteiger partial charge in [-0.25, -0.2) is 9.98 Å². The Morgan fingerprint density at radius 3 is 2.68 bits per heavy atom. The average molecular weight is 518 g/mol. The number of aromatic nitrogens is 1. The van der Waals surface area contributed by atoms with Crippen molar-refractivity contribution in [3.63, 3.8) is 0 Å². The van der Waals surface area contributed by atoms with Crippen LogP contribution in [0.15, 0.2) is 35.5 Å². The minimum absolute atomic E-state index is 0. The second-order valence-electron chi connectivity index (χ2n) is 6.30. The maximum atomic E-state index is 5.48. The highest BCUT2D eigenvalue weighted by Gasteiger charge is 2.08. The van der Waals surface area contributed by atoms with Gasteiger partial charge in [0.2, 0.25) is 5.88 Å². The van der Waals surface area contributed by atoms with Crippen molar-refractivity contribution in [3.8, 4) is 5.88 Å². The summed E-state index contributed by atoms with van der Waals surface area (Å²) < 4.78 is 10.4. The lowest BCUT2D eigenvalue weighted by Crippen LogP contribution is -2.43. The highest BCUT2D eigenvalue weighted by Crippen LogP contribution is 2.16. The SMILES string of the molecule is CCNC(=NCc1ccc(OCCOC)nc1)NC(C)Cc1ccc(C)s1.I. The largest absolute Gasteiger partial charge is 0.475 e. The first-order valence-corrected chi connectivity index (χ1v) is 10.1. The molecule has 0 bridgehead atoms. The third-order valence-electron chi connectivity index (χ3n) is 3.79. The summed E-state index contributed by atoms with van der Waals surface area (Å²) >= 11 is 1.85. The van der Waals surface area contributed by atoms with Gasteiger partial charge in [0.15, 0.2) is 5.96 Å². The van der Waals surface area contributed by atoms with E-state index in [-0.39, 0.29) is 24.0 Å². The van der Waals surface area contributed by atoms with E-state index in [0.29, 0.717) is 31.7 Å². The number of pyridine rings is 1. The number of thiophene rings is 1. The number of hydrogen-bond acceptors (Lipinski definition) is 5. The van der Waals surface area contributed by atoms with E-state index in [1.165, 1.54) is 9.75 Å². The Labute approximate surface area is 189 Å². The number of nitrogens with zero attached hydrogens (tertiary/aromatic N) is 2. The lowest BCUT2D eigenvalue weighted by molar-refractivity contribution is 0.143. The third-order valence-corrected chi connectivity index (χ3v) is 4.81. The fourth-order valence-corrected chi connectivity index (χ4v) is 3.51. The molecular formula is C20H31IN4O2S. The standard InChI is InChI=1S/C20H30N4O2S.HI/c1-5-21-20(24-15(2)12-18-8-6-16(3)27-18)23-14-17-7-9-19(22-13-17)26-11-10-25-4;/h6-9,13,15H,5,10-12,14H2,1-4H3,(H2,21,23,24);1H. The maximum Gasteiger partial charge on any atom is 0.213 e. The summed E-state index contributed by atoms with van der Waals surface area (Å²) in [5.74, 6) is 1.42. The Morgan fingerprint density at radius 2 is 2.07 bits per heavy atom. The first kappa shape index (κ1) is 24.6. The molecule has 6 nitrogen and oxygen atoms in total. The van der Waals surface area contributed by atoms with E-state index in [1.807, 2.05) is 23.5 Å². The van der Waals surface area contributed by atoms with E-state index in [0.717, 1.165) is 24.5 Å². The summed E-state index contributed by atoms with van der Waals surface area (Å²) in [6.07, 6.45) is 2.78. The van der Waals surface area contributed by atoms with Crippen molar-refractivity contribution in [2.45, 2.75) is 39.8 Å². The van der Waals surface area contributed by atoms with Crippen molar-refractivity contribution in [2.75, 3.05) is 26.9 Å².